The lowest BCUT2D eigenvalue weighted by molar-refractivity contribution is -0.143. The number of nitrogens with zero attached hydrogens (tertiary/aromatic N) is 1. The van der Waals surface area contributed by atoms with Gasteiger partial charge in [-0.2, -0.15) is 0 Å². The molecule has 0 spiro atoms. The first-order valence-electron chi connectivity index (χ1n) is 7.06. The number of carboxylic acids is 1. The minimum Gasteiger partial charge on any atom is -0.481 e. The van der Waals surface area contributed by atoms with Gasteiger partial charge in [0.1, 0.15) is 0 Å². The molecule has 2 unspecified atom stereocenters. The van der Waals surface area contributed by atoms with Gasteiger partial charge in [-0.05, 0) is 50.6 Å². The lowest BCUT2D eigenvalue weighted by atomic mass is 9.85. The van der Waals surface area contributed by atoms with Crippen molar-refractivity contribution in [3.63, 3.8) is 0 Å². The normalized spacial score (nSPS) is 32.2. The zero-order chi connectivity index (χ0) is 12.4. The summed E-state index contributed by atoms with van der Waals surface area (Å²) in [7, 11) is 0. The molecule has 0 bridgehead atoms. The molecule has 98 valence electrons. The third-order valence-electron chi connectivity index (χ3n) is 4.78. The van der Waals surface area contributed by atoms with Gasteiger partial charge in [0, 0.05) is 6.04 Å². The van der Waals surface area contributed by atoms with Crippen molar-refractivity contribution in [1.82, 2.24) is 4.90 Å². The minimum absolute atomic E-state index is 0.106. The highest BCUT2D eigenvalue weighted by Crippen LogP contribution is 2.34. The smallest absolute Gasteiger partial charge is 0.308 e. The zero-order valence-electron chi connectivity index (χ0n) is 11.1. The largest absolute Gasteiger partial charge is 0.481 e. The molecule has 0 aromatic heterocycles. The second-order valence-electron chi connectivity index (χ2n) is 6.06. The molecule has 1 saturated heterocycles. The highest BCUT2D eigenvalue weighted by Gasteiger charge is 2.38. The number of piperidine rings is 1. The molecule has 0 aromatic rings. The van der Waals surface area contributed by atoms with E-state index in [0.29, 0.717) is 6.04 Å². The van der Waals surface area contributed by atoms with Crippen LogP contribution in [0.25, 0.3) is 0 Å². The Morgan fingerprint density at radius 1 is 1.18 bits per heavy atom. The summed E-state index contributed by atoms with van der Waals surface area (Å²) in [5, 5.41) is 9.23. The van der Waals surface area contributed by atoms with Crippen molar-refractivity contribution in [3.8, 4) is 0 Å². The topological polar surface area (TPSA) is 40.5 Å². The highest BCUT2D eigenvalue weighted by atomic mass is 16.4. The van der Waals surface area contributed by atoms with Crippen LogP contribution < -0.4 is 0 Å². The summed E-state index contributed by atoms with van der Waals surface area (Å²) in [4.78, 5) is 13.6. The van der Waals surface area contributed by atoms with Gasteiger partial charge in [0.15, 0.2) is 0 Å². The van der Waals surface area contributed by atoms with Crippen LogP contribution >= 0.6 is 0 Å². The Bertz CT molecular complexity index is 269. The summed E-state index contributed by atoms with van der Waals surface area (Å²) in [6.07, 6.45) is 5.56. The number of rotatable bonds is 3. The van der Waals surface area contributed by atoms with Gasteiger partial charge >= 0.3 is 5.97 Å². The molecule has 2 atom stereocenters. The number of hydrogen-bond donors (Lipinski definition) is 1. The number of aliphatic carboxylic acids is 1. The monoisotopic (exact) mass is 239 g/mol. The van der Waals surface area contributed by atoms with Crippen LogP contribution in [0, 0.1) is 17.8 Å². The van der Waals surface area contributed by atoms with Crippen LogP contribution in [0.2, 0.25) is 0 Å². The van der Waals surface area contributed by atoms with E-state index in [2.05, 4.69) is 18.7 Å². The Balaban J connectivity index is 1.90. The second kappa shape index (κ2) is 5.38. The maximum absolute atomic E-state index is 11.2. The van der Waals surface area contributed by atoms with E-state index in [0.717, 1.165) is 44.2 Å². The summed E-state index contributed by atoms with van der Waals surface area (Å²) >= 11 is 0. The number of likely N-dealkylation sites (tertiary alicyclic amines) is 1. The average Bonchev–Trinajstić information content (AvgIpc) is 2.78. The fourth-order valence-electron chi connectivity index (χ4n) is 3.58. The lowest BCUT2D eigenvalue weighted by Gasteiger charge is -2.38. The first-order chi connectivity index (χ1) is 8.09. The molecule has 1 aliphatic carbocycles. The molecule has 2 aliphatic rings. The van der Waals surface area contributed by atoms with Crippen LogP contribution in [0.4, 0.5) is 0 Å². The molecule has 0 amide bonds. The second-order valence-corrected chi connectivity index (χ2v) is 6.06. The Hall–Kier alpha value is -0.570. The van der Waals surface area contributed by atoms with Crippen LogP contribution in [-0.4, -0.2) is 35.1 Å². The molecular formula is C14H25NO2. The maximum Gasteiger partial charge on any atom is 0.308 e. The van der Waals surface area contributed by atoms with Crippen molar-refractivity contribution < 1.29 is 9.90 Å². The summed E-state index contributed by atoms with van der Waals surface area (Å²) < 4.78 is 0. The van der Waals surface area contributed by atoms with Gasteiger partial charge in [0.05, 0.1) is 5.92 Å². The number of carbonyl (C=O) groups is 1. The van der Waals surface area contributed by atoms with E-state index in [1.54, 1.807) is 0 Å². The first-order valence-corrected chi connectivity index (χ1v) is 7.06. The van der Waals surface area contributed by atoms with Crippen molar-refractivity contribution >= 4 is 5.97 Å². The fourth-order valence-corrected chi connectivity index (χ4v) is 3.58. The summed E-state index contributed by atoms with van der Waals surface area (Å²) in [6.45, 7) is 6.82. The first kappa shape index (κ1) is 12.9. The van der Waals surface area contributed by atoms with Crippen molar-refractivity contribution in [3.05, 3.63) is 0 Å². The van der Waals surface area contributed by atoms with Crippen molar-refractivity contribution in [2.24, 2.45) is 17.8 Å². The van der Waals surface area contributed by atoms with E-state index in [1.807, 2.05) is 0 Å². The molecule has 2 rings (SSSR count). The average molecular weight is 239 g/mol. The quantitative estimate of drug-likeness (QED) is 0.823. The molecule has 0 aromatic carbocycles. The van der Waals surface area contributed by atoms with Crippen LogP contribution in [0.5, 0.6) is 0 Å². The minimum atomic E-state index is -0.585. The number of hydrogen-bond acceptors (Lipinski definition) is 2. The van der Waals surface area contributed by atoms with E-state index in [4.69, 9.17) is 0 Å². The number of carboxylic acid groups (broad SMARTS) is 1. The van der Waals surface area contributed by atoms with E-state index in [9.17, 15) is 9.90 Å². The zero-order valence-corrected chi connectivity index (χ0v) is 11.1. The summed E-state index contributed by atoms with van der Waals surface area (Å²) in [5.41, 5.74) is 0. The predicted octanol–water partition coefficient (Wildman–Crippen LogP) is 2.61. The van der Waals surface area contributed by atoms with Crippen molar-refractivity contribution in [1.29, 1.82) is 0 Å². The Labute approximate surface area is 104 Å². The third-order valence-corrected chi connectivity index (χ3v) is 4.78. The van der Waals surface area contributed by atoms with Gasteiger partial charge in [-0.15, -0.1) is 0 Å². The van der Waals surface area contributed by atoms with Gasteiger partial charge in [-0.25, -0.2) is 0 Å². The highest BCUT2D eigenvalue weighted by molar-refractivity contribution is 5.71. The Morgan fingerprint density at radius 2 is 1.82 bits per heavy atom. The third kappa shape index (κ3) is 2.82. The van der Waals surface area contributed by atoms with E-state index >= 15 is 0 Å². The summed E-state index contributed by atoms with van der Waals surface area (Å²) in [5.74, 6) is 0.927. The molecular weight excluding hydrogens is 214 g/mol. The molecule has 1 N–H and O–H groups in total. The molecule has 3 heteroatoms. The van der Waals surface area contributed by atoms with Gasteiger partial charge in [0.2, 0.25) is 0 Å². The van der Waals surface area contributed by atoms with E-state index in [1.165, 1.54) is 12.8 Å². The molecule has 2 fully saturated rings. The van der Waals surface area contributed by atoms with Crippen LogP contribution in [0.1, 0.15) is 46.0 Å². The molecule has 17 heavy (non-hydrogen) atoms. The Kier molecular flexibility index (Phi) is 4.08. The molecule has 1 aliphatic heterocycles. The fraction of sp³-hybridized carbons (Fsp3) is 0.929. The van der Waals surface area contributed by atoms with Gasteiger partial charge < -0.3 is 5.11 Å². The molecule has 3 nitrogen and oxygen atoms in total. The summed E-state index contributed by atoms with van der Waals surface area (Å²) in [6, 6.07) is 0.320. The lowest BCUT2D eigenvalue weighted by Crippen LogP contribution is -2.45. The van der Waals surface area contributed by atoms with E-state index < -0.39 is 5.97 Å². The van der Waals surface area contributed by atoms with Crippen LogP contribution in [0.3, 0.4) is 0 Å². The van der Waals surface area contributed by atoms with Gasteiger partial charge in [-0.1, -0.05) is 20.3 Å². The SMILES string of the molecule is CC(C)C1CCN(C2CCCC2C(=O)O)CC1. The predicted molar refractivity (Wildman–Crippen MR) is 67.9 cm³/mol. The van der Waals surface area contributed by atoms with Crippen molar-refractivity contribution in [2.75, 3.05) is 13.1 Å². The van der Waals surface area contributed by atoms with Gasteiger partial charge in [0.25, 0.3) is 0 Å². The maximum atomic E-state index is 11.2. The molecule has 1 saturated carbocycles. The standard InChI is InChI=1S/C14H25NO2/c1-10(2)11-6-8-15(9-7-11)13-5-3-4-12(13)14(16)17/h10-13H,3-9H2,1-2H3,(H,16,17). The van der Waals surface area contributed by atoms with E-state index in [-0.39, 0.29) is 5.92 Å². The van der Waals surface area contributed by atoms with Crippen LogP contribution in [0.15, 0.2) is 0 Å². The molecule has 0 radical (unpaired) electrons. The molecule has 1 heterocycles. The Morgan fingerprint density at radius 3 is 2.35 bits per heavy atom. The van der Waals surface area contributed by atoms with Gasteiger partial charge in [-0.3, -0.25) is 9.69 Å². The van der Waals surface area contributed by atoms with Crippen LogP contribution in [-0.2, 0) is 4.79 Å². The van der Waals surface area contributed by atoms with Crippen molar-refractivity contribution in [2.45, 2.75) is 52.0 Å².